The Morgan fingerprint density at radius 2 is 2.25 bits per heavy atom. The Hall–Kier alpha value is 0.390. The molecule has 0 spiro atoms. The molecule has 1 aliphatic heterocycles. The first kappa shape index (κ1) is 6.51. The smallest absolute Gasteiger partial charge is 0.100 e. The van der Waals surface area contributed by atoms with E-state index in [1.807, 2.05) is 0 Å². The van der Waals surface area contributed by atoms with Crippen molar-refractivity contribution in [2.24, 2.45) is 0 Å². The van der Waals surface area contributed by atoms with Crippen LogP contribution in [-0.4, -0.2) is 11.4 Å². The maximum atomic E-state index is 5.31. The molecule has 8 heavy (non-hydrogen) atoms. The van der Waals surface area contributed by atoms with Crippen LogP contribution in [-0.2, 0) is 4.74 Å². The van der Waals surface area contributed by atoms with Gasteiger partial charge in [0.05, 0.1) is 5.60 Å². The molecule has 1 fully saturated rings. The van der Waals surface area contributed by atoms with Crippen LogP contribution in [0.5, 0.6) is 0 Å². The fraction of sp³-hybridized carbons (Fsp3) is 1.00. The van der Waals surface area contributed by atoms with Crippen molar-refractivity contribution in [3.63, 3.8) is 0 Å². The average Bonchev–Trinajstić information content (AvgIpc) is 2.16. The SMILES string of the molecule is CCCC1(C)OC1P. The van der Waals surface area contributed by atoms with Crippen molar-refractivity contribution in [2.75, 3.05) is 0 Å². The van der Waals surface area contributed by atoms with E-state index >= 15 is 0 Å². The zero-order chi connectivity index (χ0) is 6.20. The fourth-order valence-corrected chi connectivity index (χ4v) is 1.43. The Balaban J connectivity index is 2.25. The quantitative estimate of drug-likeness (QED) is 0.412. The molecular formula is C6H13OP. The number of ether oxygens (including phenoxy) is 1. The van der Waals surface area contributed by atoms with E-state index in [2.05, 4.69) is 23.1 Å². The molecule has 0 saturated carbocycles. The first-order chi connectivity index (χ1) is 3.69. The second kappa shape index (κ2) is 1.97. The summed E-state index contributed by atoms with van der Waals surface area (Å²) in [7, 11) is 2.69. The molecule has 0 radical (unpaired) electrons. The van der Waals surface area contributed by atoms with Gasteiger partial charge in [0, 0.05) is 0 Å². The van der Waals surface area contributed by atoms with Crippen molar-refractivity contribution in [1.82, 2.24) is 0 Å². The third-order valence-electron chi connectivity index (χ3n) is 1.69. The van der Waals surface area contributed by atoms with Gasteiger partial charge >= 0.3 is 0 Å². The van der Waals surface area contributed by atoms with Crippen molar-refractivity contribution in [2.45, 2.75) is 38.1 Å². The van der Waals surface area contributed by atoms with Gasteiger partial charge in [-0.3, -0.25) is 0 Å². The van der Waals surface area contributed by atoms with Crippen LogP contribution in [0.15, 0.2) is 0 Å². The second-order valence-corrected chi connectivity index (χ2v) is 3.21. The van der Waals surface area contributed by atoms with E-state index in [0.717, 1.165) is 0 Å². The summed E-state index contributed by atoms with van der Waals surface area (Å²) in [6, 6.07) is 0. The summed E-state index contributed by atoms with van der Waals surface area (Å²) in [5, 5.41) is 0. The Bertz CT molecular complexity index is 94.5. The lowest BCUT2D eigenvalue weighted by Crippen LogP contribution is -2.04. The molecule has 1 heterocycles. The highest BCUT2D eigenvalue weighted by Crippen LogP contribution is 2.43. The minimum absolute atomic E-state index is 0.222. The topological polar surface area (TPSA) is 12.5 Å². The minimum Gasteiger partial charge on any atom is -0.362 e. The van der Waals surface area contributed by atoms with Gasteiger partial charge in [0.15, 0.2) is 0 Å². The molecule has 0 aromatic carbocycles. The van der Waals surface area contributed by atoms with Crippen molar-refractivity contribution in [3.05, 3.63) is 0 Å². The van der Waals surface area contributed by atoms with Gasteiger partial charge in [-0.05, 0) is 13.3 Å². The van der Waals surface area contributed by atoms with Crippen LogP contribution in [0.2, 0.25) is 0 Å². The summed E-state index contributed by atoms with van der Waals surface area (Å²) in [6.07, 6.45) is 2.42. The molecule has 0 aliphatic carbocycles. The van der Waals surface area contributed by atoms with Gasteiger partial charge in [0.2, 0.25) is 0 Å². The van der Waals surface area contributed by atoms with Crippen LogP contribution in [0, 0.1) is 0 Å². The van der Waals surface area contributed by atoms with Gasteiger partial charge in [-0.25, -0.2) is 0 Å². The molecule has 0 amide bonds. The highest BCUT2D eigenvalue weighted by Gasteiger charge is 2.47. The molecule has 1 nitrogen and oxygen atoms in total. The molecule has 48 valence electrons. The van der Waals surface area contributed by atoms with Gasteiger partial charge in [0.25, 0.3) is 0 Å². The molecule has 3 atom stereocenters. The molecule has 1 rings (SSSR count). The number of rotatable bonds is 2. The van der Waals surface area contributed by atoms with Gasteiger partial charge in [0.1, 0.15) is 5.85 Å². The van der Waals surface area contributed by atoms with E-state index < -0.39 is 0 Å². The van der Waals surface area contributed by atoms with Crippen LogP contribution in [0.25, 0.3) is 0 Å². The lowest BCUT2D eigenvalue weighted by molar-refractivity contribution is 0.304. The summed E-state index contributed by atoms with van der Waals surface area (Å²) in [5.74, 6) is 0.433. The Morgan fingerprint density at radius 1 is 1.75 bits per heavy atom. The molecule has 0 N–H and O–H groups in total. The minimum atomic E-state index is 0.222. The molecule has 1 aliphatic rings. The predicted octanol–water partition coefficient (Wildman–Crippen LogP) is 1.78. The monoisotopic (exact) mass is 132 g/mol. The normalized spacial score (nSPS) is 44.6. The third kappa shape index (κ3) is 1.04. The van der Waals surface area contributed by atoms with Crippen molar-refractivity contribution in [1.29, 1.82) is 0 Å². The van der Waals surface area contributed by atoms with Gasteiger partial charge in [-0.2, -0.15) is 0 Å². The Morgan fingerprint density at radius 3 is 2.38 bits per heavy atom. The summed E-state index contributed by atoms with van der Waals surface area (Å²) in [5.41, 5.74) is 0.222. The molecule has 2 heteroatoms. The lowest BCUT2D eigenvalue weighted by atomic mass is 10.1. The van der Waals surface area contributed by atoms with Crippen LogP contribution >= 0.6 is 9.24 Å². The number of epoxide rings is 1. The maximum Gasteiger partial charge on any atom is 0.100 e. The Kier molecular flexibility index (Phi) is 1.60. The third-order valence-corrected chi connectivity index (χ3v) is 2.53. The van der Waals surface area contributed by atoms with Crippen LogP contribution in [0.1, 0.15) is 26.7 Å². The van der Waals surface area contributed by atoms with E-state index in [1.165, 1.54) is 12.8 Å². The number of hydrogen-bond acceptors (Lipinski definition) is 1. The predicted molar refractivity (Wildman–Crippen MR) is 37.9 cm³/mol. The van der Waals surface area contributed by atoms with Gasteiger partial charge in [-0.1, -0.05) is 13.3 Å². The summed E-state index contributed by atoms with van der Waals surface area (Å²) in [4.78, 5) is 0. The van der Waals surface area contributed by atoms with E-state index in [0.29, 0.717) is 5.85 Å². The maximum absolute atomic E-state index is 5.31. The lowest BCUT2D eigenvalue weighted by Gasteiger charge is -1.98. The first-order valence-electron chi connectivity index (χ1n) is 3.12. The Labute approximate surface area is 53.0 Å². The average molecular weight is 132 g/mol. The van der Waals surface area contributed by atoms with E-state index in [1.54, 1.807) is 0 Å². The number of hydrogen-bond donors (Lipinski definition) is 0. The highest BCUT2D eigenvalue weighted by molar-refractivity contribution is 7.18. The van der Waals surface area contributed by atoms with Gasteiger partial charge < -0.3 is 4.74 Å². The first-order valence-corrected chi connectivity index (χ1v) is 3.79. The van der Waals surface area contributed by atoms with Crippen molar-refractivity contribution in [3.8, 4) is 0 Å². The zero-order valence-corrected chi connectivity index (χ0v) is 6.63. The van der Waals surface area contributed by atoms with E-state index in [4.69, 9.17) is 4.74 Å². The van der Waals surface area contributed by atoms with Gasteiger partial charge in [-0.15, -0.1) is 9.24 Å². The van der Waals surface area contributed by atoms with Crippen molar-refractivity contribution < 1.29 is 4.74 Å². The zero-order valence-electron chi connectivity index (χ0n) is 5.48. The summed E-state index contributed by atoms with van der Waals surface area (Å²) >= 11 is 0. The fourth-order valence-electron chi connectivity index (χ4n) is 0.954. The summed E-state index contributed by atoms with van der Waals surface area (Å²) < 4.78 is 5.31. The second-order valence-electron chi connectivity index (χ2n) is 2.60. The molecule has 0 bridgehead atoms. The molecule has 1 saturated heterocycles. The molecule has 0 aromatic rings. The van der Waals surface area contributed by atoms with Crippen LogP contribution in [0.3, 0.4) is 0 Å². The standard InChI is InChI=1S/C6H13OP/c1-3-4-6(2)5(8)7-6/h5H,3-4,8H2,1-2H3. The summed E-state index contributed by atoms with van der Waals surface area (Å²) in [6.45, 7) is 4.35. The molecule has 0 aromatic heterocycles. The largest absolute Gasteiger partial charge is 0.362 e. The van der Waals surface area contributed by atoms with E-state index in [-0.39, 0.29) is 5.60 Å². The highest BCUT2D eigenvalue weighted by atomic mass is 31.0. The van der Waals surface area contributed by atoms with Crippen LogP contribution < -0.4 is 0 Å². The van der Waals surface area contributed by atoms with Crippen LogP contribution in [0.4, 0.5) is 0 Å². The molecular weight excluding hydrogens is 119 g/mol. The molecule has 3 unspecified atom stereocenters. The van der Waals surface area contributed by atoms with E-state index in [9.17, 15) is 0 Å². The van der Waals surface area contributed by atoms with Crippen molar-refractivity contribution >= 4 is 9.24 Å².